The van der Waals surface area contributed by atoms with Gasteiger partial charge in [0.15, 0.2) is 6.10 Å². The first kappa shape index (κ1) is 18.4. The Morgan fingerprint density at radius 1 is 1.38 bits per heavy atom. The fraction of sp³-hybridized carbons (Fsp3) is 0.556. The number of carbonyl (C=O) groups excluding carboxylic acids is 2. The fourth-order valence-electron chi connectivity index (χ4n) is 2.42. The van der Waals surface area contributed by atoms with Crippen LogP contribution in [0.3, 0.4) is 0 Å². The molecule has 0 bridgehead atoms. The quantitative estimate of drug-likeness (QED) is 0.713. The maximum atomic E-state index is 12.0. The van der Waals surface area contributed by atoms with Crippen LogP contribution in [-0.4, -0.2) is 56.3 Å². The van der Waals surface area contributed by atoms with Crippen molar-refractivity contribution < 1.29 is 23.8 Å². The molecule has 0 aliphatic carbocycles. The summed E-state index contributed by atoms with van der Waals surface area (Å²) < 4.78 is 16.2. The van der Waals surface area contributed by atoms with Gasteiger partial charge < -0.3 is 19.1 Å². The van der Waals surface area contributed by atoms with E-state index in [1.165, 1.54) is 4.90 Å². The Labute approximate surface area is 142 Å². The van der Waals surface area contributed by atoms with Crippen LogP contribution in [0.25, 0.3) is 0 Å². The van der Waals surface area contributed by atoms with Crippen LogP contribution in [0.1, 0.15) is 35.7 Å². The minimum absolute atomic E-state index is 0.0778. The van der Waals surface area contributed by atoms with E-state index in [2.05, 4.69) is 0 Å². The van der Waals surface area contributed by atoms with Crippen LogP contribution in [0, 0.1) is 0 Å². The molecule has 0 N–H and O–H groups in total. The molecule has 1 fully saturated rings. The molecule has 24 heavy (non-hydrogen) atoms. The second-order valence-electron chi connectivity index (χ2n) is 6.12. The summed E-state index contributed by atoms with van der Waals surface area (Å²) in [7, 11) is 3.39. The first-order valence-electron chi connectivity index (χ1n) is 8.18. The van der Waals surface area contributed by atoms with E-state index in [0.717, 1.165) is 25.0 Å². The van der Waals surface area contributed by atoms with Gasteiger partial charge >= 0.3 is 5.97 Å². The number of benzene rings is 1. The minimum atomic E-state index is -0.638. The van der Waals surface area contributed by atoms with E-state index >= 15 is 0 Å². The van der Waals surface area contributed by atoms with Crippen molar-refractivity contribution in [1.82, 2.24) is 4.90 Å². The van der Waals surface area contributed by atoms with Crippen LogP contribution in [0.2, 0.25) is 0 Å². The molecule has 0 aromatic heterocycles. The smallest absolute Gasteiger partial charge is 0.335 e. The standard InChI is InChI=1S/C18H25NO5/c1-13(23-12-16-8-5-9-22-16)18(21)24-11-14-6-4-7-15(10-14)17(20)19(2)3/h4,6-7,10,13,16H,5,8-9,11-12H2,1-3H3. The summed E-state index contributed by atoms with van der Waals surface area (Å²) in [5.74, 6) is -0.506. The van der Waals surface area contributed by atoms with Crippen LogP contribution < -0.4 is 0 Å². The van der Waals surface area contributed by atoms with Crippen molar-refractivity contribution in [3.8, 4) is 0 Å². The molecule has 0 spiro atoms. The lowest BCUT2D eigenvalue weighted by Crippen LogP contribution is -2.27. The van der Waals surface area contributed by atoms with E-state index in [1.807, 2.05) is 6.07 Å². The third-order valence-corrected chi connectivity index (χ3v) is 3.85. The van der Waals surface area contributed by atoms with E-state index < -0.39 is 12.1 Å². The number of amides is 1. The number of ether oxygens (including phenoxy) is 3. The van der Waals surface area contributed by atoms with Crippen molar-refractivity contribution in [1.29, 1.82) is 0 Å². The van der Waals surface area contributed by atoms with Crippen molar-refractivity contribution in [2.45, 2.75) is 38.6 Å². The van der Waals surface area contributed by atoms with Crippen LogP contribution >= 0.6 is 0 Å². The Hall–Kier alpha value is -1.92. The molecule has 6 nitrogen and oxygen atoms in total. The summed E-state index contributed by atoms with van der Waals surface area (Å²) in [6.07, 6.45) is 1.44. The summed E-state index contributed by atoms with van der Waals surface area (Å²) in [5, 5.41) is 0. The van der Waals surface area contributed by atoms with E-state index in [1.54, 1.807) is 39.2 Å². The van der Waals surface area contributed by atoms with Crippen molar-refractivity contribution in [3.05, 3.63) is 35.4 Å². The molecule has 1 aliphatic heterocycles. The Kier molecular flexibility index (Phi) is 6.75. The van der Waals surface area contributed by atoms with Gasteiger partial charge in [0.05, 0.1) is 12.7 Å². The zero-order chi connectivity index (χ0) is 17.5. The van der Waals surface area contributed by atoms with Crippen LogP contribution in [0.4, 0.5) is 0 Å². The molecule has 1 aromatic carbocycles. The molecule has 1 heterocycles. The largest absolute Gasteiger partial charge is 0.459 e. The SMILES string of the molecule is CC(OCC1CCCO1)C(=O)OCc1cccc(C(=O)N(C)C)c1. The lowest BCUT2D eigenvalue weighted by Gasteiger charge is -2.16. The molecular weight excluding hydrogens is 310 g/mol. The van der Waals surface area contributed by atoms with Gasteiger partial charge in [0.1, 0.15) is 6.61 Å². The van der Waals surface area contributed by atoms with Crippen molar-refractivity contribution in [2.75, 3.05) is 27.3 Å². The molecule has 1 aliphatic rings. The average molecular weight is 335 g/mol. The summed E-state index contributed by atoms with van der Waals surface area (Å²) in [6, 6.07) is 7.06. The number of rotatable bonds is 7. The summed E-state index contributed by atoms with van der Waals surface area (Å²) >= 11 is 0. The second-order valence-corrected chi connectivity index (χ2v) is 6.12. The van der Waals surface area contributed by atoms with Crippen molar-refractivity contribution in [3.63, 3.8) is 0 Å². The minimum Gasteiger partial charge on any atom is -0.459 e. The highest BCUT2D eigenvalue weighted by molar-refractivity contribution is 5.94. The highest BCUT2D eigenvalue weighted by Gasteiger charge is 2.20. The van der Waals surface area contributed by atoms with Gasteiger partial charge in [-0.15, -0.1) is 0 Å². The van der Waals surface area contributed by atoms with Gasteiger partial charge in [-0.2, -0.15) is 0 Å². The van der Waals surface area contributed by atoms with Gasteiger partial charge in [-0.1, -0.05) is 12.1 Å². The fourth-order valence-corrected chi connectivity index (χ4v) is 2.42. The highest BCUT2D eigenvalue weighted by Crippen LogP contribution is 2.13. The Bertz CT molecular complexity index is 566. The zero-order valence-corrected chi connectivity index (χ0v) is 14.5. The molecule has 0 radical (unpaired) electrons. The normalized spacial score (nSPS) is 18.2. The molecule has 6 heteroatoms. The van der Waals surface area contributed by atoms with E-state index in [9.17, 15) is 9.59 Å². The number of hydrogen-bond acceptors (Lipinski definition) is 5. The van der Waals surface area contributed by atoms with Gasteiger partial charge in [0.2, 0.25) is 0 Å². The second kappa shape index (κ2) is 8.80. The highest BCUT2D eigenvalue weighted by atomic mass is 16.6. The Balaban J connectivity index is 1.80. The van der Waals surface area contributed by atoms with Crippen LogP contribution in [0.5, 0.6) is 0 Å². The van der Waals surface area contributed by atoms with Crippen molar-refractivity contribution in [2.24, 2.45) is 0 Å². The molecule has 1 saturated heterocycles. The molecule has 1 aromatic rings. The third kappa shape index (κ3) is 5.32. The van der Waals surface area contributed by atoms with Crippen molar-refractivity contribution >= 4 is 11.9 Å². The summed E-state index contributed by atoms with van der Waals surface area (Å²) in [5.41, 5.74) is 1.33. The molecular formula is C18H25NO5. The summed E-state index contributed by atoms with van der Waals surface area (Å²) in [6.45, 7) is 2.95. The molecule has 2 rings (SSSR count). The Morgan fingerprint density at radius 3 is 2.83 bits per heavy atom. The maximum Gasteiger partial charge on any atom is 0.335 e. The molecule has 1 amide bonds. The van der Waals surface area contributed by atoms with Gasteiger partial charge in [0.25, 0.3) is 5.91 Å². The number of carbonyl (C=O) groups is 2. The first-order chi connectivity index (χ1) is 11.5. The van der Waals surface area contributed by atoms with Crippen LogP contribution in [-0.2, 0) is 25.6 Å². The average Bonchev–Trinajstić information content (AvgIpc) is 3.10. The van der Waals surface area contributed by atoms with E-state index in [4.69, 9.17) is 14.2 Å². The maximum absolute atomic E-state index is 12.0. The molecule has 2 unspecified atom stereocenters. The Morgan fingerprint density at radius 2 is 2.17 bits per heavy atom. The first-order valence-corrected chi connectivity index (χ1v) is 8.18. The van der Waals surface area contributed by atoms with Crippen LogP contribution in [0.15, 0.2) is 24.3 Å². The van der Waals surface area contributed by atoms with E-state index in [-0.39, 0.29) is 18.6 Å². The zero-order valence-electron chi connectivity index (χ0n) is 14.5. The number of nitrogens with zero attached hydrogens (tertiary/aromatic N) is 1. The third-order valence-electron chi connectivity index (χ3n) is 3.85. The number of hydrogen-bond donors (Lipinski definition) is 0. The van der Waals surface area contributed by atoms with Gasteiger partial charge in [-0.25, -0.2) is 4.79 Å². The van der Waals surface area contributed by atoms with Gasteiger partial charge in [-0.3, -0.25) is 4.79 Å². The van der Waals surface area contributed by atoms with Gasteiger partial charge in [-0.05, 0) is 37.5 Å². The topological polar surface area (TPSA) is 65.1 Å². The number of esters is 1. The van der Waals surface area contributed by atoms with Gasteiger partial charge in [0, 0.05) is 26.3 Å². The summed E-state index contributed by atoms with van der Waals surface area (Å²) in [4.78, 5) is 25.4. The molecule has 0 saturated carbocycles. The monoisotopic (exact) mass is 335 g/mol. The predicted octanol–water partition coefficient (Wildman–Crippen LogP) is 2.02. The van der Waals surface area contributed by atoms with E-state index in [0.29, 0.717) is 12.2 Å². The predicted molar refractivity (Wildman–Crippen MR) is 88.6 cm³/mol. The molecule has 132 valence electrons. The lowest BCUT2D eigenvalue weighted by atomic mass is 10.1. The lowest BCUT2D eigenvalue weighted by molar-refractivity contribution is -0.159. The molecule has 2 atom stereocenters.